The molecule has 0 fully saturated rings. The fraction of sp³-hybridized carbons (Fsp3) is 0.0488. The second-order valence-corrected chi connectivity index (χ2v) is 13.0. The van der Waals surface area contributed by atoms with Crippen LogP contribution in [0.4, 0.5) is 5.69 Å². The average Bonchev–Trinajstić information content (AvgIpc) is 3.82. The number of para-hydroxylation sites is 1. The number of nitrogens with zero attached hydrogens (tertiary/aromatic N) is 5. The zero-order valence-electron chi connectivity index (χ0n) is 25.2. The number of rotatable bonds is 4. The number of aliphatic imine (C=N–C) groups is 1. The molecule has 8 aromatic rings. The molecule has 0 bridgehead atoms. The lowest BCUT2D eigenvalue weighted by Crippen LogP contribution is -2.36. The number of benzene rings is 4. The first-order valence-electron chi connectivity index (χ1n) is 15.9. The molecule has 0 spiro atoms. The molecule has 5 heterocycles. The van der Waals surface area contributed by atoms with Gasteiger partial charge >= 0.3 is 0 Å². The highest BCUT2D eigenvalue weighted by atomic mass is 32.1. The number of hydrogen-bond acceptors (Lipinski definition) is 5. The summed E-state index contributed by atoms with van der Waals surface area (Å²) in [4.78, 5) is 18.3. The van der Waals surface area contributed by atoms with Crippen LogP contribution in [-0.4, -0.2) is 26.3 Å². The van der Waals surface area contributed by atoms with E-state index in [-0.39, 0.29) is 12.2 Å². The predicted octanol–water partition coefficient (Wildman–Crippen LogP) is 10.1. The monoisotopic (exact) mass is 621 g/mol. The number of pyridine rings is 2. The van der Waals surface area contributed by atoms with Crippen molar-refractivity contribution >= 4 is 64.8 Å². The van der Waals surface area contributed by atoms with Crippen LogP contribution in [0.2, 0.25) is 0 Å². The van der Waals surface area contributed by atoms with Crippen molar-refractivity contribution < 1.29 is 0 Å². The van der Waals surface area contributed by atoms with E-state index in [1.807, 2.05) is 17.4 Å². The third-order valence-electron chi connectivity index (χ3n) is 9.30. The van der Waals surface area contributed by atoms with Gasteiger partial charge in [-0.15, -0.1) is 11.3 Å². The molecule has 1 aliphatic carbocycles. The smallest absolute Gasteiger partial charge is 0.165 e. The summed E-state index contributed by atoms with van der Waals surface area (Å²) in [6, 6.07) is 44.8. The minimum absolute atomic E-state index is 0.0629. The first-order chi connectivity index (χ1) is 23.3. The molecular weight excluding hydrogens is 595 g/mol. The number of thiophene rings is 1. The van der Waals surface area contributed by atoms with E-state index in [4.69, 9.17) is 15.0 Å². The maximum Gasteiger partial charge on any atom is 0.165 e. The van der Waals surface area contributed by atoms with Gasteiger partial charge in [0.25, 0.3) is 0 Å². The van der Waals surface area contributed by atoms with Crippen LogP contribution in [0.1, 0.15) is 11.9 Å². The predicted molar refractivity (Wildman–Crippen MR) is 196 cm³/mol. The molecule has 0 amide bonds. The zero-order chi connectivity index (χ0) is 30.9. The average molecular weight is 622 g/mol. The van der Waals surface area contributed by atoms with Gasteiger partial charge in [-0.25, -0.2) is 9.97 Å². The van der Waals surface area contributed by atoms with E-state index in [1.54, 1.807) is 0 Å². The topological polar surface area (TPSA) is 46.3 Å². The Balaban J connectivity index is 1.21. The molecule has 2 aliphatic rings. The number of anilines is 1. The van der Waals surface area contributed by atoms with E-state index >= 15 is 0 Å². The van der Waals surface area contributed by atoms with Crippen molar-refractivity contribution in [3.05, 3.63) is 157 Å². The fourth-order valence-electron chi connectivity index (χ4n) is 7.21. The van der Waals surface area contributed by atoms with E-state index in [0.29, 0.717) is 0 Å². The Bertz CT molecular complexity index is 2590. The molecule has 4 aromatic carbocycles. The van der Waals surface area contributed by atoms with Crippen LogP contribution in [0.15, 0.2) is 157 Å². The molecule has 0 saturated carbocycles. The molecule has 6 heteroatoms. The standard InChI is InChI=1S/C41H27N5S/c1-3-12-26(13-4-1)30-23-25-35-39(43-30)38-34(24-22-29-28-16-7-10-20-36(28)47-40(29)38)46(35)37-21-11-18-32(42-37)41-44-31-17-8-9-19-33(31)45(41)27-14-5-2-6-15-27/h1-25,33,41H. The molecule has 1 aliphatic heterocycles. The molecule has 2 unspecified atom stereocenters. The van der Waals surface area contributed by atoms with Crippen LogP contribution in [-0.2, 0) is 0 Å². The minimum Gasteiger partial charge on any atom is -0.332 e. The molecule has 0 saturated heterocycles. The third-order valence-corrected chi connectivity index (χ3v) is 10.5. The summed E-state index contributed by atoms with van der Waals surface area (Å²) >= 11 is 1.84. The van der Waals surface area contributed by atoms with Gasteiger partial charge in [-0.2, -0.15) is 0 Å². The summed E-state index contributed by atoms with van der Waals surface area (Å²) in [6.45, 7) is 0. The van der Waals surface area contributed by atoms with Crippen molar-refractivity contribution in [3.8, 4) is 17.1 Å². The van der Waals surface area contributed by atoms with Crippen LogP contribution in [0.25, 0.3) is 59.2 Å². The van der Waals surface area contributed by atoms with Gasteiger partial charge in [0.05, 0.1) is 39.7 Å². The first-order valence-corrected chi connectivity index (χ1v) is 16.7. The van der Waals surface area contributed by atoms with Crippen molar-refractivity contribution in [2.75, 3.05) is 4.90 Å². The minimum atomic E-state index is -0.255. The summed E-state index contributed by atoms with van der Waals surface area (Å²) in [5.41, 5.74) is 8.25. The Morgan fingerprint density at radius 3 is 2.34 bits per heavy atom. The van der Waals surface area contributed by atoms with Crippen molar-refractivity contribution in [2.45, 2.75) is 12.2 Å². The Hall–Kier alpha value is -5.85. The highest BCUT2D eigenvalue weighted by molar-refractivity contribution is 7.26. The quantitative estimate of drug-likeness (QED) is 0.196. The van der Waals surface area contributed by atoms with Crippen LogP contribution >= 0.6 is 11.3 Å². The van der Waals surface area contributed by atoms with Crippen LogP contribution in [0.3, 0.4) is 0 Å². The van der Waals surface area contributed by atoms with Crippen molar-refractivity contribution in [2.24, 2.45) is 4.99 Å². The molecule has 10 rings (SSSR count). The lowest BCUT2D eigenvalue weighted by Gasteiger charge is -2.30. The van der Waals surface area contributed by atoms with E-state index in [0.717, 1.165) is 56.1 Å². The lowest BCUT2D eigenvalue weighted by atomic mass is 10.1. The highest BCUT2D eigenvalue weighted by Crippen LogP contribution is 2.43. The summed E-state index contributed by atoms with van der Waals surface area (Å²) in [5.74, 6) is 0.853. The number of hydrogen-bond donors (Lipinski definition) is 0. The van der Waals surface area contributed by atoms with Gasteiger partial charge < -0.3 is 4.90 Å². The Morgan fingerprint density at radius 2 is 1.45 bits per heavy atom. The van der Waals surface area contributed by atoms with E-state index < -0.39 is 0 Å². The van der Waals surface area contributed by atoms with Gasteiger partial charge in [0.15, 0.2) is 6.17 Å². The van der Waals surface area contributed by atoms with Gasteiger partial charge in [-0.05, 0) is 54.6 Å². The molecular formula is C41H27N5S. The number of allylic oxidation sites excluding steroid dienone is 2. The van der Waals surface area contributed by atoms with Crippen LogP contribution in [0.5, 0.6) is 0 Å². The molecule has 2 atom stereocenters. The molecule has 222 valence electrons. The normalized spacial score (nSPS) is 17.3. The largest absolute Gasteiger partial charge is 0.332 e. The second kappa shape index (κ2) is 10.3. The summed E-state index contributed by atoms with van der Waals surface area (Å²) in [5, 5.41) is 3.70. The highest BCUT2D eigenvalue weighted by Gasteiger charge is 2.36. The second-order valence-electron chi connectivity index (χ2n) is 12.0. The van der Waals surface area contributed by atoms with Crippen LogP contribution in [0, 0.1) is 0 Å². The van der Waals surface area contributed by atoms with Gasteiger partial charge in [0, 0.05) is 36.8 Å². The Kier molecular flexibility index (Phi) is 5.80. The summed E-state index contributed by atoms with van der Waals surface area (Å²) < 4.78 is 4.81. The number of aromatic nitrogens is 3. The molecule has 5 nitrogen and oxygen atoms in total. The van der Waals surface area contributed by atoms with Gasteiger partial charge in [-0.3, -0.25) is 9.56 Å². The zero-order valence-corrected chi connectivity index (χ0v) is 26.0. The van der Waals surface area contributed by atoms with E-state index in [2.05, 4.69) is 155 Å². The molecule has 47 heavy (non-hydrogen) atoms. The summed E-state index contributed by atoms with van der Waals surface area (Å²) in [6.07, 6.45) is 8.25. The van der Waals surface area contributed by atoms with Gasteiger partial charge in [0.2, 0.25) is 0 Å². The van der Waals surface area contributed by atoms with Crippen LogP contribution < -0.4 is 4.90 Å². The maximum atomic E-state index is 5.38. The SMILES string of the molecule is C1=CC2=NC(c3cccc(-n4c5ccc(-c6ccccc6)nc5c5c6sc7ccccc7c6ccc54)n3)N(c3ccccc3)C2C=C1. The van der Waals surface area contributed by atoms with E-state index in [9.17, 15) is 0 Å². The Labute approximate surface area is 275 Å². The Morgan fingerprint density at radius 1 is 0.638 bits per heavy atom. The summed E-state index contributed by atoms with van der Waals surface area (Å²) in [7, 11) is 0. The number of fused-ring (bicyclic) bond motifs is 8. The lowest BCUT2D eigenvalue weighted by molar-refractivity contribution is 0.673. The van der Waals surface area contributed by atoms with E-state index in [1.165, 1.54) is 20.2 Å². The van der Waals surface area contributed by atoms with Crippen molar-refractivity contribution in [1.82, 2.24) is 14.5 Å². The molecule has 4 aromatic heterocycles. The van der Waals surface area contributed by atoms with Crippen molar-refractivity contribution in [1.29, 1.82) is 0 Å². The molecule has 0 N–H and O–H groups in total. The van der Waals surface area contributed by atoms with Gasteiger partial charge in [0.1, 0.15) is 5.82 Å². The van der Waals surface area contributed by atoms with Crippen molar-refractivity contribution in [3.63, 3.8) is 0 Å². The fourth-order valence-corrected chi connectivity index (χ4v) is 8.45. The first kappa shape index (κ1) is 26.4. The third kappa shape index (κ3) is 4.05. The molecule has 0 radical (unpaired) electrons. The van der Waals surface area contributed by atoms with Gasteiger partial charge in [-0.1, -0.05) is 97.1 Å². The maximum absolute atomic E-state index is 5.38.